The summed E-state index contributed by atoms with van der Waals surface area (Å²) in [6.07, 6.45) is -0.285. The van der Waals surface area contributed by atoms with Gasteiger partial charge in [0.25, 0.3) is 0 Å². The summed E-state index contributed by atoms with van der Waals surface area (Å²) in [7, 11) is -4.03. The first-order chi connectivity index (χ1) is 11.2. The third kappa shape index (κ3) is 4.55. The number of hydrogen-bond donors (Lipinski definition) is 1. The zero-order valence-electron chi connectivity index (χ0n) is 12.1. The predicted octanol–water partition coefficient (Wildman–Crippen LogP) is 3.56. The van der Waals surface area contributed by atoms with Crippen LogP contribution in [0.15, 0.2) is 45.8 Å². The van der Waals surface area contributed by atoms with E-state index in [1.807, 2.05) is 0 Å². The van der Waals surface area contributed by atoms with Crippen LogP contribution in [0.1, 0.15) is 12.8 Å². The summed E-state index contributed by atoms with van der Waals surface area (Å²) in [6, 6.07) is 8.73. The van der Waals surface area contributed by atoms with Gasteiger partial charge in [-0.25, -0.2) is 8.42 Å². The maximum atomic E-state index is 12.7. The number of carbonyl (C=O) groups is 2. The first-order valence-electron chi connectivity index (χ1n) is 6.79. The van der Waals surface area contributed by atoms with Gasteiger partial charge in [0.2, 0.25) is 20.5 Å². The van der Waals surface area contributed by atoms with Crippen molar-refractivity contribution in [2.24, 2.45) is 0 Å². The Morgan fingerprint density at radius 2 is 1.71 bits per heavy atom. The fourth-order valence-electron chi connectivity index (χ4n) is 2.20. The van der Waals surface area contributed by atoms with Crippen LogP contribution in [0.2, 0.25) is 0 Å². The number of sulfonamides is 1. The fourth-order valence-corrected chi connectivity index (χ4v) is 4.45. The lowest BCUT2D eigenvalue weighted by Gasteiger charge is -2.16. The number of nitrogens with one attached hydrogen (secondary N) is 1. The Balaban J connectivity index is 2.41. The van der Waals surface area contributed by atoms with Gasteiger partial charge in [-0.15, -0.1) is 0 Å². The molecule has 9 heteroatoms. The molecule has 128 valence electrons. The maximum absolute atomic E-state index is 12.7. The Kier molecular flexibility index (Phi) is 6.39. The van der Waals surface area contributed by atoms with E-state index in [0.717, 1.165) is 4.47 Å². The number of rotatable bonds is 7. The van der Waals surface area contributed by atoms with Crippen molar-refractivity contribution in [2.45, 2.75) is 23.8 Å². The zero-order valence-corrected chi connectivity index (χ0v) is 16.0. The number of fused-ring (bicyclic) bond motifs is 1. The molecule has 1 atom stereocenters. The van der Waals surface area contributed by atoms with Crippen molar-refractivity contribution in [3.8, 4) is 0 Å². The van der Waals surface area contributed by atoms with E-state index in [1.54, 1.807) is 30.3 Å². The Labute approximate surface area is 157 Å². The molecule has 0 radical (unpaired) electrons. The van der Waals surface area contributed by atoms with Crippen LogP contribution in [0, 0.1) is 0 Å². The second kappa shape index (κ2) is 7.93. The van der Waals surface area contributed by atoms with E-state index in [-0.39, 0.29) is 17.7 Å². The van der Waals surface area contributed by atoms with Crippen LogP contribution in [-0.4, -0.2) is 24.9 Å². The molecule has 0 aliphatic carbocycles. The van der Waals surface area contributed by atoms with Crippen LogP contribution in [-0.2, 0) is 19.6 Å². The molecule has 0 spiro atoms. The van der Waals surface area contributed by atoms with Crippen molar-refractivity contribution in [3.05, 3.63) is 40.9 Å². The molecule has 2 aromatic rings. The molecule has 0 aliphatic rings. The standard InChI is InChI=1S/C15H12BrCl2NO4S/c16-11-5-7-13(10-4-2-1-3-9(10)11)24(22,23)19-12(15(18)21)6-8-14(17)20/h1-5,7,12,19H,6,8H2. The van der Waals surface area contributed by atoms with Crippen LogP contribution in [0.25, 0.3) is 10.8 Å². The average Bonchev–Trinajstić information content (AvgIpc) is 2.51. The van der Waals surface area contributed by atoms with Gasteiger partial charge in [-0.2, -0.15) is 4.72 Å². The normalized spacial score (nSPS) is 13.0. The monoisotopic (exact) mass is 451 g/mol. The molecule has 0 saturated carbocycles. The number of benzene rings is 2. The zero-order chi connectivity index (χ0) is 17.9. The lowest BCUT2D eigenvalue weighted by atomic mass is 10.1. The van der Waals surface area contributed by atoms with Gasteiger partial charge in [0.15, 0.2) is 0 Å². The molecule has 2 aromatic carbocycles. The summed E-state index contributed by atoms with van der Waals surface area (Å²) in [4.78, 5) is 22.3. The van der Waals surface area contributed by atoms with E-state index in [4.69, 9.17) is 23.2 Å². The summed E-state index contributed by atoms with van der Waals surface area (Å²) in [5.41, 5.74) is 0. The highest BCUT2D eigenvalue weighted by molar-refractivity contribution is 9.10. The smallest absolute Gasteiger partial charge is 0.241 e. The maximum Gasteiger partial charge on any atom is 0.241 e. The van der Waals surface area contributed by atoms with Crippen molar-refractivity contribution < 1.29 is 18.0 Å². The first kappa shape index (κ1) is 19.3. The van der Waals surface area contributed by atoms with Crippen LogP contribution < -0.4 is 4.72 Å². The van der Waals surface area contributed by atoms with Gasteiger partial charge in [-0.1, -0.05) is 40.2 Å². The molecule has 0 amide bonds. The molecule has 0 aliphatic heterocycles. The Hall–Kier alpha value is -0.990. The molecule has 1 unspecified atom stereocenters. The highest BCUT2D eigenvalue weighted by Crippen LogP contribution is 2.29. The molecule has 24 heavy (non-hydrogen) atoms. The van der Waals surface area contributed by atoms with Crippen molar-refractivity contribution in [3.63, 3.8) is 0 Å². The van der Waals surface area contributed by atoms with E-state index >= 15 is 0 Å². The number of carbonyl (C=O) groups excluding carboxylic acids is 2. The van der Waals surface area contributed by atoms with Crippen LogP contribution in [0.4, 0.5) is 0 Å². The summed E-state index contributed by atoms with van der Waals surface area (Å²) in [5.74, 6) is 0. The Morgan fingerprint density at radius 3 is 2.29 bits per heavy atom. The van der Waals surface area contributed by atoms with Gasteiger partial charge in [0, 0.05) is 16.3 Å². The van der Waals surface area contributed by atoms with Crippen molar-refractivity contribution in [1.82, 2.24) is 4.72 Å². The van der Waals surface area contributed by atoms with Crippen LogP contribution in [0.5, 0.6) is 0 Å². The van der Waals surface area contributed by atoms with Gasteiger partial charge in [0.05, 0.1) is 10.9 Å². The summed E-state index contributed by atoms with van der Waals surface area (Å²) >= 11 is 14.0. The van der Waals surface area contributed by atoms with Gasteiger partial charge in [-0.05, 0) is 47.1 Å². The third-order valence-corrected chi connectivity index (χ3v) is 6.00. The van der Waals surface area contributed by atoms with E-state index in [9.17, 15) is 18.0 Å². The molecule has 1 N–H and O–H groups in total. The highest BCUT2D eigenvalue weighted by atomic mass is 79.9. The van der Waals surface area contributed by atoms with E-state index in [0.29, 0.717) is 10.8 Å². The lowest BCUT2D eigenvalue weighted by molar-refractivity contribution is -0.114. The quantitative estimate of drug-likeness (QED) is 0.651. The number of halogens is 3. The minimum atomic E-state index is -4.03. The fraction of sp³-hybridized carbons (Fsp3) is 0.200. The van der Waals surface area contributed by atoms with Crippen LogP contribution in [0.3, 0.4) is 0 Å². The van der Waals surface area contributed by atoms with Crippen molar-refractivity contribution in [1.29, 1.82) is 0 Å². The topological polar surface area (TPSA) is 80.3 Å². The summed E-state index contributed by atoms with van der Waals surface area (Å²) in [6.45, 7) is 0. The average molecular weight is 453 g/mol. The number of hydrogen-bond acceptors (Lipinski definition) is 4. The largest absolute Gasteiger partial charge is 0.281 e. The molecular weight excluding hydrogens is 441 g/mol. The van der Waals surface area contributed by atoms with Gasteiger partial charge < -0.3 is 0 Å². The molecule has 0 heterocycles. The van der Waals surface area contributed by atoms with E-state index < -0.39 is 26.5 Å². The summed E-state index contributed by atoms with van der Waals surface area (Å²) < 4.78 is 28.3. The SMILES string of the molecule is O=C(Cl)CCC(NS(=O)(=O)c1ccc(Br)c2ccccc12)C(=O)Cl. The van der Waals surface area contributed by atoms with E-state index in [1.165, 1.54) is 6.07 Å². The van der Waals surface area contributed by atoms with Gasteiger partial charge in [0.1, 0.15) is 0 Å². The molecule has 5 nitrogen and oxygen atoms in total. The molecule has 0 bridgehead atoms. The van der Waals surface area contributed by atoms with Gasteiger partial charge >= 0.3 is 0 Å². The van der Waals surface area contributed by atoms with E-state index in [2.05, 4.69) is 20.7 Å². The lowest BCUT2D eigenvalue weighted by Crippen LogP contribution is -2.39. The van der Waals surface area contributed by atoms with Gasteiger partial charge in [-0.3, -0.25) is 9.59 Å². The summed E-state index contributed by atoms with van der Waals surface area (Å²) in [5, 5.41) is -0.372. The first-order valence-corrected chi connectivity index (χ1v) is 9.83. The van der Waals surface area contributed by atoms with Crippen molar-refractivity contribution >= 4 is 70.4 Å². The highest BCUT2D eigenvalue weighted by Gasteiger charge is 2.26. The minimum absolute atomic E-state index is 0.0152. The second-order valence-electron chi connectivity index (χ2n) is 4.96. The molecule has 0 saturated heterocycles. The van der Waals surface area contributed by atoms with Crippen molar-refractivity contribution in [2.75, 3.05) is 0 Å². The minimum Gasteiger partial charge on any atom is -0.281 e. The predicted molar refractivity (Wildman–Crippen MR) is 96.7 cm³/mol. The molecule has 0 fully saturated rings. The molecular formula is C15H12BrCl2NO4S. The Bertz CT molecular complexity index is 901. The second-order valence-corrected chi connectivity index (χ2v) is 8.29. The molecule has 0 aromatic heterocycles. The third-order valence-electron chi connectivity index (χ3n) is 3.32. The Morgan fingerprint density at radius 1 is 1.08 bits per heavy atom. The molecule has 2 rings (SSSR count). The van der Waals surface area contributed by atoms with Crippen LogP contribution >= 0.6 is 39.1 Å².